The highest BCUT2D eigenvalue weighted by atomic mass is 19.1. The highest BCUT2D eigenvalue weighted by Gasteiger charge is 2.40. The number of hydrogen-bond donors (Lipinski definition) is 1. The summed E-state index contributed by atoms with van der Waals surface area (Å²) in [4.78, 5) is 17.9. The first-order valence-electron chi connectivity index (χ1n) is 5.89. The van der Waals surface area contributed by atoms with Crippen LogP contribution in [0.5, 0.6) is 0 Å². The van der Waals surface area contributed by atoms with Gasteiger partial charge in [-0.25, -0.2) is 9.37 Å². The molecule has 3 rings (SSSR count). The Morgan fingerprint density at radius 3 is 3.12 bits per heavy atom. The van der Waals surface area contributed by atoms with Crippen LogP contribution in [0, 0.1) is 11.7 Å². The Bertz CT molecular complexity index is 434. The summed E-state index contributed by atoms with van der Waals surface area (Å²) >= 11 is 0. The van der Waals surface area contributed by atoms with E-state index < -0.39 is 5.82 Å². The molecular weight excluding hydrogens is 221 g/mol. The predicted molar refractivity (Wildman–Crippen MR) is 60.0 cm³/mol. The highest BCUT2D eigenvalue weighted by molar-refractivity contribution is 5.92. The average Bonchev–Trinajstić information content (AvgIpc) is 2.90. The van der Waals surface area contributed by atoms with Crippen molar-refractivity contribution in [2.75, 3.05) is 19.6 Å². The standard InChI is InChI=1S/C12H14FN3O/c13-9-1-2-10(15-6-9)12(17)16-4-3-8-5-14-7-11(8)16/h1-2,6,8,11,14H,3-5,7H2/t8-,11+/m0/s1. The third-order valence-corrected chi connectivity index (χ3v) is 3.65. The summed E-state index contributed by atoms with van der Waals surface area (Å²) in [6.45, 7) is 2.64. The Kier molecular flexibility index (Phi) is 2.55. The zero-order valence-corrected chi connectivity index (χ0v) is 9.40. The van der Waals surface area contributed by atoms with E-state index in [1.54, 1.807) is 0 Å². The number of fused-ring (bicyclic) bond motifs is 1. The molecule has 1 aromatic heterocycles. The molecule has 0 radical (unpaired) electrons. The number of carbonyl (C=O) groups excluding carboxylic acids is 1. The first kappa shape index (κ1) is 10.7. The second kappa shape index (κ2) is 4.07. The van der Waals surface area contributed by atoms with Crippen LogP contribution in [-0.4, -0.2) is 41.5 Å². The fourth-order valence-electron chi connectivity index (χ4n) is 2.75. The first-order chi connectivity index (χ1) is 8.25. The summed E-state index contributed by atoms with van der Waals surface area (Å²) in [7, 11) is 0. The van der Waals surface area contributed by atoms with Crippen LogP contribution in [0.15, 0.2) is 18.3 Å². The SMILES string of the molecule is O=C(c1ccc(F)cn1)N1CC[C@H]2CNC[C@H]21. The molecule has 0 aliphatic carbocycles. The average molecular weight is 235 g/mol. The zero-order chi connectivity index (χ0) is 11.8. The van der Waals surface area contributed by atoms with Gasteiger partial charge in [0.05, 0.1) is 6.20 Å². The summed E-state index contributed by atoms with van der Waals surface area (Å²) in [5, 5.41) is 3.30. The minimum absolute atomic E-state index is 0.0822. The van der Waals surface area contributed by atoms with Crippen molar-refractivity contribution in [3.05, 3.63) is 29.8 Å². The third kappa shape index (κ3) is 1.80. The van der Waals surface area contributed by atoms with Crippen molar-refractivity contribution in [2.45, 2.75) is 12.5 Å². The van der Waals surface area contributed by atoms with Crippen LogP contribution in [0.25, 0.3) is 0 Å². The molecular formula is C12H14FN3O. The minimum atomic E-state index is -0.414. The summed E-state index contributed by atoms with van der Waals surface area (Å²) in [5.41, 5.74) is 0.332. The van der Waals surface area contributed by atoms with Gasteiger partial charge in [-0.3, -0.25) is 4.79 Å². The van der Waals surface area contributed by atoms with Crippen LogP contribution in [0.4, 0.5) is 4.39 Å². The van der Waals surface area contributed by atoms with Crippen LogP contribution >= 0.6 is 0 Å². The maximum Gasteiger partial charge on any atom is 0.272 e. The van der Waals surface area contributed by atoms with E-state index in [-0.39, 0.29) is 11.9 Å². The van der Waals surface area contributed by atoms with Gasteiger partial charge in [-0.05, 0) is 24.5 Å². The van der Waals surface area contributed by atoms with Gasteiger partial charge in [-0.15, -0.1) is 0 Å². The first-order valence-corrected chi connectivity index (χ1v) is 5.89. The van der Waals surface area contributed by atoms with Crippen LogP contribution < -0.4 is 5.32 Å². The lowest BCUT2D eigenvalue weighted by molar-refractivity contribution is 0.0731. The van der Waals surface area contributed by atoms with Gasteiger partial charge in [0.25, 0.3) is 5.91 Å². The molecule has 5 heteroatoms. The number of amides is 1. The molecule has 1 amide bonds. The van der Waals surface area contributed by atoms with Crippen LogP contribution in [0.2, 0.25) is 0 Å². The Labute approximate surface area is 98.8 Å². The van der Waals surface area contributed by atoms with Gasteiger partial charge < -0.3 is 10.2 Å². The Morgan fingerprint density at radius 1 is 1.47 bits per heavy atom. The number of likely N-dealkylation sites (tertiary alicyclic amines) is 1. The maximum absolute atomic E-state index is 12.7. The minimum Gasteiger partial charge on any atom is -0.333 e. The van der Waals surface area contributed by atoms with Crippen molar-refractivity contribution in [3.8, 4) is 0 Å². The summed E-state index contributed by atoms with van der Waals surface area (Å²) in [6.07, 6.45) is 2.14. The second-order valence-corrected chi connectivity index (χ2v) is 4.63. The molecule has 0 saturated carbocycles. The molecule has 2 aliphatic heterocycles. The van der Waals surface area contributed by atoms with Crippen molar-refractivity contribution < 1.29 is 9.18 Å². The molecule has 0 bridgehead atoms. The molecule has 3 heterocycles. The van der Waals surface area contributed by atoms with Gasteiger partial charge >= 0.3 is 0 Å². The fraction of sp³-hybridized carbons (Fsp3) is 0.500. The molecule has 0 spiro atoms. The molecule has 0 unspecified atom stereocenters. The normalized spacial score (nSPS) is 27.2. The van der Waals surface area contributed by atoms with E-state index in [0.717, 1.165) is 32.3 Å². The Hall–Kier alpha value is -1.49. The van der Waals surface area contributed by atoms with Crippen molar-refractivity contribution in [1.29, 1.82) is 0 Å². The van der Waals surface area contributed by atoms with E-state index >= 15 is 0 Å². The van der Waals surface area contributed by atoms with Crippen LogP contribution in [0.1, 0.15) is 16.9 Å². The number of pyridine rings is 1. The molecule has 2 saturated heterocycles. The van der Waals surface area contributed by atoms with Crippen molar-refractivity contribution in [3.63, 3.8) is 0 Å². The van der Waals surface area contributed by atoms with E-state index in [9.17, 15) is 9.18 Å². The monoisotopic (exact) mass is 235 g/mol. The summed E-state index contributed by atoms with van der Waals surface area (Å²) in [6, 6.07) is 3.02. The maximum atomic E-state index is 12.7. The number of halogens is 1. The Morgan fingerprint density at radius 2 is 2.35 bits per heavy atom. The number of nitrogens with one attached hydrogen (secondary N) is 1. The number of nitrogens with zero attached hydrogens (tertiary/aromatic N) is 2. The lowest BCUT2D eigenvalue weighted by Gasteiger charge is -2.22. The van der Waals surface area contributed by atoms with Gasteiger partial charge in [0.2, 0.25) is 0 Å². The van der Waals surface area contributed by atoms with Gasteiger partial charge in [-0.1, -0.05) is 0 Å². The van der Waals surface area contributed by atoms with Crippen molar-refractivity contribution in [2.24, 2.45) is 5.92 Å². The zero-order valence-electron chi connectivity index (χ0n) is 9.40. The van der Waals surface area contributed by atoms with Gasteiger partial charge in [0.15, 0.2) is 0 Å². The number of rotatable bonds is 1. The molecule has 2 atom stereocenters. The van der Waals surface area contributed by atoms with Crippen LogP contribution in [0.3, 0.4) is 0 Å². The largest absolute Gasteiger partial charge is 0.333 e. The quantitative estimate of drug-likeness (QED) is 0.777. The lowest BCUT2D eigenvalue weighted by Crippen LogP contribution is -2.39. The topological polar surface area (TPSA) is 45.2 Å². The van der Waals surface area contributed by atoms with E-state index in [4.69, 9.17) is 0 Å². The van der Waals surface area contributed by atoms with E-state index in [0.29, 0.717) is 11.6 Å². The van der Waals surface area contributed by atoms with E-state index in [1.807, 2.05) is 4.90 Å². The smallest absolute Gasteiger partial charge is 0.272 e. The molecule has 1 aromatic rings. The molecule has 2 fully saturated rings. The third-order valence-electron chi connectivity index (χ3n) is 3.65. The molecule has 17 heavy (non-hydrogen) atoms. The number of carbonyl (C=O) groups is 1. The number of hydrogen-bond acceptors (Lipinski definition) is 3. The van der Waals surface area contributed by atoms with Crippen molar-refractivity contribution in [1.82, 2.24) is 15.2 Å². The van der Waals surface area contributed by atoms with Gasteiger partial charge in [0.1, 0.15) is 11.5 Å². The lowest BCUT2D eigenvalue weighted by atomic mass is 10.1. The van der Waals surface area contributed by atoms with Gasteiger partial charge in [0, 0.05) is 25.7 Å². The van der Waals surface area contributed by atoms with Gasteiger partial charge in [-0.2, -0.15) is 0 Å². The molecule has 0 aromatic carbocycles. The Balaban J connectivity index is 1.80. The molecule has 4 nitrogen and oxygen atoms in total. The van der Waals surface area contributed by atoms with E-state index in [2.05, 4.69) is 10.3 Å². The van der Waals surface area contributed by atoms with Crippen LogP contribution in [-0.2, 0) is 0 Å². The second-order valence-electron chi connectivity index (χ2n) is 4.63. The predicted octanol–water partition coefficient (Wildman–Crippen LogP) is 0.655. The molecule has 2 aliphatic rings. The molecule has 90 valence electrons. The fourth-order valence-corrected chi connectivity index (χ4v) is 2.75. The summed E-state index contributed by atoms with van der Waals surface area (Å²) < 4.78 is 12.7. The number of aromatic nitrogens is 1. The van der Waals surface area contributed by atoms with E-state index in [1.165, 1.54) is 12.1 Å². The highest BCUT2D eigenvalue weighted by Crippen LogP contribution is 2.28. The van der Waals surface area contributed by atoms with Crippen molar-refractivity contribution >= 4 is 5.91 Å². The summed E-state index contributed by atoms with van der Waals surface area (Å²) in [5.74, 6) is 0.0731. The molecule has 1 N–H and O–H groups in total.